The van der Waals surface area contributed by atoms with Gasteiger partial charge < -0.3 is 10.0 Å². The number of anilines is 1. The van der Waals surface area contributed by atoms with Gasteiger partial charge in [-0.05, 0) is 18.1 Å². The molecular formula is C11H12F3NO. The number of fused-ring (bicyclic) bond motifs is 1. The predicted octanol–water partition coefficient (Wildman–Crippen LogP) is 1.97. The first kappa shape index (κ1) is 11.3. The number of β-amino-alcohol motifs (C(OH)–C–C–N with tert-alkyl or cyclic N) is 1. The first-order valence-corrected chi connectivity index (χ1v) is 5.06. The van der Waals surface area contributed by atoms with E-state index in [9.17, 15) is 13.2 Å². The molecule has 2 rings (SSSR count). The van der Waals surface area contributed by atoms with Crippen LogP contribution < -0.4 is 4.90 Å². The van der Waals surface area contributed by atoms with E-state index in [4.69, 9.17) is 5.11 Å². The second-order valence-corrected chi connectivity index (χ2v) is 3.88. The zero-order chi connectivity index (χ0) is 11.8. The summed E-state index contributed by atoms with van der Waals surface area (Å²) in [6.45, 7) is 0.146. The van der Waals surface area contributed by atoms with E-state index in [0.717, 1.165) is 17.7 Å². The zero-order valence-electron chi connectivity index (χ0n) is 8.54. The third kappa shape index (κ3) is 2.14. The number of para-hydroxylation sites is 1. The molecule has 0 aliphatic carbocycles. The summed E-state index contributed by atoms with van der Waals surface area (Å²) >= 11 is 0. The molecule has 0 amide bonds. The van der Waals surface area contributed by atoms with Gasteiger partial charge >= 0.3 is 6.18 Å². The smallest absolute Gasteiger partial charge is 0.382 e. The summed E-state index contributed by atoms with van der Waals surface area (Å²) in [4.78, 5) is 1.58. The van der Waals surface area contributed by atoms with Gasteiger partial charge in [0.25, 0.3) is 0 Å². The minimum absolute atomic E-state index is 0.388. The number of hydrogen-bond donors (Lipinski definition) is 1. The van der Waals surface area contributed by atoms with Gasteiger partial charge in [0.1, 0.15) is 0 Å². The Bertz CT molecular complexity index is 378. The van der Waals surface area contributed by atoms with E-state index in [2.05, 4.69) is 0 Å². The standard InChI is InChI=1S/C11H12F3NO/c12-11(13,14)10(16)7-15-6-5-8-3-1-2-4-9(8)15/h1-4,10,16H,5-7H2/t10-/m1/s1. The Morgan fingerprint density at radius 3 is 2.69 bits per heavy atom. The van der Waals surface area contributed by atoms with Crippen molar-refractivity contribution in [1.82, 2.24) is 0 Å². The number of nitrogens with zero attached hydrogens (tertiary/aromatic N) is 1. The van der Waals surface area contributed by atoms with Gasteiger partial charge in [0.2, 0.25) is 0 Å². The molecule has 1 N–H and O–H groups in total. The van der Waals surface area contributed by atoms with Crippen LogP contribution in [0.4, 0.5) is 18.9 Å². The third-order valence-electron chi connectivity index (χ3n) is 2.75. The Labute approximate surface area is 91.3 Å². The van der Waals surface area contributed by atoms with Crippen LogP contribution in [0.5, 0.6) is 0 Å². The molecule has 1 aliphatic rings. The topological polar surface area (TPSA) is 23.5 Å². The Kier molecular flexibility index (Phi) is 2.80. The molecule has 0 spiro atoms. The zero-order valence-corrected chi connectivity index (χ0v) is 8.54. The number of aliphatic hydroxyl groups excluding tert-OH is 1. The molecule has 0 aromatic heterocycles. The van der Waals surface area contributed by atoms with Gasteiger partial charge in [-0.2, -0.15) is 13.2 Å². The molecule has 1 heterocycles. The van der Waals surface area contributed by atoms with E-state index in [1.807, 2.05) is 12.1 Å². The van der Waals surface area contributed by atoms with Crippen molar-refractivity contribution in [2.75, 3.05) is 18.0 Å². The van der Waals surface area contributed by atoms with E-state index in [1.165, 1.54) is 0 Å². The highest BCUT2D eigenvalue weighted by atomic mass is 19.4. The molecule has 0 saturated heterocycles. The highest BCUT2D eigenvalue weighted by Crippen LogP contribution is 2.29. The summed E-state index contributed by atoms with van der Waals surface area (Å²) in [5.74, 6) is 0. The molecule has 1 aliphatic heterocycles. The lowest BCUT2D eigenvalue weighted by Crippen LogP contribution is -2.40. The highest BCUT2D eigenvalue weighted by Gasteiger charge is 2.39. The van der Waals surface area contributed by atoms with Gasteiger partial charge in [-0.15, -0.1) is 0 Å². The number of aliphatic hydroxyl groups is 1. The van der Waals surface area contributed by atoms with Gasteiger partial charge in [0.15, 0.2) is 6.10 Å². The fourth-order valence-electron chi connectivity index (χ4n) is 1.91. The van der Waals surface area contributed by atoms with E-state index in [0.29, 0.717) is 6.54 Å². The van der Waals surface area contributed by atoms with Crippen LogP contribution in [-0.2, 0) is 6.42 Å². The molecule has 16 heavy (non-hydrogen) atoms. The Morgan fingerprint density at radius 1 is 1.31 bits per heavy atom. The monoisotopic (exact) mass is 231 g/mol. The summed E-state index contributed by atoms with van der Waals surface area (Å²) in [6.07, 6.45) is -6.09. The van der Waals surface area contributed by atoms with Crippen molar-refractivity contribution >= 4 is 5.69 Å². The van der Waals surface area contributed by atoms with Gasteiger partial charge in [0, 0.05) is 12.2 Å². The Hall–Kier alpha value is -1.23. The summed E-state index contributed by atoms with van der Waals surface area (Å²) in [7, 11) is 0. The van der Waals surface area contributed by atoms with Crippen LogP contribution in [0.25, 0.3) is 0 Å². The summed E-state index contributed by atoms with van der Waals surface area (Å²) < 4.78 is 36.6. The largest absolute Gasteiger partial charge is 0.416 e. The van der Waals surface area contributed by atoms with E-state index in [1.54, 1.807) is 17.0 Å². The van der Waals surface area contributed by atoms with Crippen LogP contribution in [0.1, 0.15) is 5.56 Å². The molecule has 0 unspecified atom stereocenters. The predicted molar refractivity (Wildman–Crippen MR) is 54.4 cm³/mol. The molecule has 1 atom stereocenters. The van der Waals surface area contributed by atoms with Crippen molar-refractivity contribution in [1.29, 1.82) is 0 Å². The van der Waals surface area contributed by atoms with Gasteiger partial charge in [-0.1, -0.05) is 18.2 Å². The molecule has 0 radical (unpaired) electrons. The van der Waals surface area contributed by atoms with E-state index >= 15 is 0 Å². The number of hydrogen-bond acceptors (Lipinski definition) is 2. The fraction of sp³-hybridized carbons (Fsp3) is 0.455. The third-order valence-corrected chi connectivity index (χ3v) is 2.75. The maximum atomic E-state index is 12.2. The molecule has 1 aromatic carbocycles. The Morgan fingerprint density at radius 2 is 2.00 bits per heavy atom. The maximum absolute atomic E-state index is 12.2. The van der Waals surface area contributed by atoms with E-state index < -0.39 is 12.3 Å². The van der Waals surface area contributed by atoms with Crippen LogP contribution in [0.2, 0.25) is 0 Å². The van der Waals surface area contributed by atoms with Crippen LogP contribution in [0, 0.1) is 0 Å². The van der Waals surface area contributed by atoms with Gasteiger partial charge in [-0.3, -0.25) is 0 Å². The van der Waals surface area contributed by atoms with Crippen molar-refractivity contribution in [3.8, 4) is 0 Å². The second-order valence-electron chi connectivity index (χ2n) is 3.88. The van der Waals surface area contributed by atoms with Crippen LogP contribution in [0.15, 0.2) is 24.3 Å². The van der Waals surface area contributed by atoms with Crippen LogP contribution in [0.3, 0.4) is 0 Å². The number of benzene rings is 1. The summed E-state index contributed by atoms with van der Waals surface area (Å²) in [5.41, 5.74) is 1.84. The number of rotatable bonds is 2. The summed E-state index contributed by atoms with van der Waals surface area (Å²) in [6, 6.07) is 7.33. The Balaban J connectivity index is 2.09. The molecule has 0 bridgehead atoms. The number of alkyl halides is 3. The fourth-order valence-corrected chi connectivity index (χ4v) is 1.91. The molecule has 88 valence electrons. The molecular weight excluding hydrogens is 219 g/mol. The van der Waals surface area contributed by atoms with Crippen molar-refractivity contribution < 1.29 is 18.3 Å². The lowest BCUT2D eigenvalue weighted by molar-refractivity contribution is -0.200. The van der Waals surface area contributed by atoms with Gasteiger partial charge in [-0.25, -0.2) is 0 Å². The quantitative estimate of drug-likeness (QED) is 0.841. The molecule has 0 fully saturated rings. The normalized spacial score (nSPS) is 17.4. The molecule has 0 saturated carbocycles. The lowest BCUT2D eigenvalue weighted by atomic mass is 10.2. The average molecular weight is 231 g/mol. The first-order valence-electron chi connectivity index (χ1n) is 5.06. The van der Waals surface area contributed by atoms with Crippen molar-refractivity contribution in [2.45, 2.75) is 18.7 Å². The lowest BCUT2D eigenvalue weighted by Gasteiger charge is -2.24. The van der Waals surface area contributed by atoms with E-state index in [-0.39, 0.29) is 6.54 Å². The maximum Gasteiger partial charge on any atom is 0.416 e. The van der Waals surface area contributed by atoms with Crippen LogP contribution >= 0.6 is 0 Å². The highest BCUT2D eigenvalue weighted by molar-refractivity contribution is 5.57. The number of halogens is 3. The van der Waals surface area contributed by atoms with Crippen molar-refractivity contribution in [2.24, 2.45) is 0 Å². The van der Waals surface area contributed by atoms with Crippen molar-refractivity contribution in [3.05, 3.63) is 29.8 Å². The molecule has 5 heteroatoms. The molecule has 1 aromatic rings. The van der Waals surface area contributed by atoms with Gasteiger partial charge in [0.05, 0.1) is 6.54 Å². The van der Waals surface area contributed by atoms with Crippen LogP contribution in [-0.4, -0.2) is 30.5 Å². The van der Waals surface area contributed by atoms with Crippen molar-refractivity contribution in [3.63, 3.8) is 0 Å². The first-order chi connectivity index (χ1) is 7.48. The summed E-state index contributed by atoms with van der Waals surface area (Å²) in [5, 5.41) is 9.01. The SMILES string of the molecule is O[C@H](CN1CCc2ccccc21)C(F)(F)F. The molecule has 2 nitrogen and oxygen atoms in total. The minimum atomic E-state index is -4.54. The minimum Gasteiger partial charge on any atom is -0.382 e. The second kappa shape index (κ2) is 3.97. The average Bonchev–Trinajstić information content (AvgIpc) is 2.61.